The number of carbonyl (C=O) groups excluding carboxylic acids is 1. The highest BCUT2D eigenvalue weighted by Gasteiger charge is 2.16. The van der Waals surface area contributed by atoms with Crippen LogP contribution in [0.15, 0.2) is 12.3 Å². The van der Waals surface area contributed by atoms with Crippen molar-refractivity contribution < 1.29 is 9.90 Å². The van der Waals surface area contributed by atoms with Crippen molar-refractivity contribution in [2.75, 3.05) is 19.7 Å². The fraction of sp³-hybridized carbons (Fsp3) is 0.455. The van der Waals surface area contributed by atoms with Gasteiger partial charge in [0.15, 0.2) is 0 Å². The topological polar surface area (TPSA) is 53.4 Å². The number of pyridine rings is 1. The summed E-state index contributed by atoms with van der Waals surface area (Å²) < 4.78 is 0. The number of rotatable bonds is 4. The number of aliphatic hydroxyl groups excluding tert-OH is 1. The summed E-state index contributed by atoms with van der Waals surface area (Å²) in [6.07, 6.45) is 1.51. The van der Waals surface area contributed by atoms with Crippen LogP contribution in [0, 0.1) is 6.92 Å². The van der Waals surface area contributed by atoms with E-state index in [1.165, 1.54) is 6.20 Å². The van der Waals surface area contributed by atoms with Crippen molar-refractivity contribution in [2.24, 2.45) is 0 Å². The normalized spacial score (nSPS) is 10.2. The Labute approximate surface area is 99.9 Å². The molecule has 4 nitrogen and oxygen atoms in total. The number of hydrogen-bond acceptors (Lipinski definition) is 3. The smallest absolute Gasteiger partial charge is 0.255 e. The molecule has 88 valence electrons. The third-order valence-electron chi connectivity index (χ3n) is 2.32. The standard InChI is InChI=1S/C11H15ClN2O2/c1-3-14(4-5-15)11(16)10-6-9(12)7-13-8(10)2/h6-7,15H,3-5H2,1-2H3. The Bertz CT molecular complexity index is 382. The number of carbonyl (C=O) groups is 1. The molecule has 1 N–H and O–H groups in total. The van der Waals surface area contributed by atoms with Gasteiger partial charge in [-0.25, -0.2) is 0 Å². The molecule has 1 aromatic heterocycles. The lowest BCUT2D eigenvalue weighted by molar-refractivity contribution is 0.0730. The second-order valence-electron chi connectivity index (χ2n) is 3.39. The molecule has 0 aliphatic heterocycles. The van der Waals surface area contributed by atoms with Crippen LogP contribution in [0.5, 0.6) is 0 Å². The van der Waals surface area contributed by atoms with Gasteiger partial charge in [0, 0.05) is 19.3 Å². The van der Waals surface area contributed by atoms with Gasteiger partial charge in [-0.2, -0.15) is 0 Å². The first-order valence-corrected chi connectivity index (χ1v) is 5.50. The minimum Gasteiger partial charge on any atom is -0.395 e. The van der Waals surface area contributed by atoms with Crippen LogP contribution >= 0.6 is 11.6 Å². The van der Waals surface area contributed by atoms with E-state index in [1.54, 1.807) is 17.9 Å². The molecule has 0 spiro atoms. The number of amides is 1. The van der Waals surface area contributed by atoms with E-state index in [4.69, 9.17) is 16.7 Å². The van der Waals surface area contributed by atoms with E-state index in [0.717, 1.165) is 0 Å². The first-order chi connectivity index (χ1) is 7.60. The molecule has 0 radical (unpaired) electrons. The Morgan fingerprint density at radius 1 is 1.62 bits per heavy atom. The summed E-state index contributed by atoms with van der Waals surface area (Å²) in [5.41, 5.74) is 1.13. The quantitative estimate of drug-likeness (QED) is 0.871. The lowest BCUT2D eigenvalue weighted by atomic mass is 10.2. The van der Waals surface area contributed by atoms with Gasteiger partial charge < -0.3 is 10.0 Å². The van der Waals surface area contributed by atoms with E-state index in [0.29, 0.717) is 29.4 Å². The summed E-state index contributed by atoms with van der Waals surface area (Å²) in [4.78, 5) is 17.6. The molecule has 0 bridgehead atoms. The molecule has 1 heterocycles. The highest BCUT2D eigenvalue weighted by atomic mass is 35.5. The van der Waals surface area contributed by atoms with Crippen LogP contribution in [0.1, 0.15) is 23.0 Å². The molecule has 1 aromatic rings. The Balaban J connectivity index is 2.98. The van der Waals surface area contributed by atoms with E-state index in [2.05, 4.69) is 4.98 Å². The van der Waals surface area contributed by atoms with Gasteiger partial charge in [0.2, 0.25) is 0 Å². The van der Waals surface area contributed by atoms with Gasteiger partial charge in [-0.3, -0.25) is 9.78 Å². The van der Waals surface area contributed by atoms with Crippen molar-refractivity contribution in [1.82, 2.24) is 9.88 Å². The van der Waals surface area contributed by atoms with Gasteiger partial charge in [0.1, 0.15) is 0 Å². The number of aliphatic hydroxyl groups is 1. The number of aryl methyl sites for hydroxylation is 1. The van der Waals surface area contributed by atoms with E-state index >= 15 is 0 Å². The summed E-state index contributed by atoms with van der Waals surface area (Å²) in [5.74, 6) is -0.149. The molecule has 0 fully saturated rings. The van der Waals surface area contributed by atoms with Gasteiger partial charge in [0.25, 0.3) is 5.91 Å². The number of halogens is 1. The van der Waals surface area contributed by atoms with E-state index in [1.807, 2.05) is 6.92 Å². The molecule has 5 heteroatoms. The van der Waals surface area contributed by atoms with Crippen LogP contribution in [-0.2, 0) is 0 Å². The number of nitrogens with zero attached hydrogens (tertiary/aromatic N) is 2. The van der Waals surface area contributed by atoms with E-state index < -0.39 is 0 Å². The molecule has 0 aliphatic carbocycles. The van der Waals surface area contributed by atoms with E-state index in [9.17, 15) is 4.79 Å². The largest absolute Gasteiger partial charge is 0.395 e. The van der Waals surface area contributed by atoms with Gasteiger partial charge >= 0.3 is 0 Å². The van der Waals surface area contributed by atoms with Gasteiger partial charge in [-0.15, -0.1) is 0 Å². The Hall–Kier alpha value is -1.13. The summed E-state index contributed by atoms with van der Waals surface area (Å²) in [7, 11) is 0. The lowest BCUT2D eigenvalue weighted by Crippen LogP contribution is -2.33. The average molecular weight is 243 g/mol. The number of likely N-dealkylation sites (N-methyl/N-ethyl adjacent to an activating group) is 1. The van der Waals surface area contributed by atoms with Crippen molar-refractivity contribution in [3.63, 3.8) is 0 Å². The predicted molar refractivity (Wildman–Crippen MR) is 62.6 cm³/mol. The minimum absolute atomic E-state index is 0.0490. The van der Waals surface area contributed by atoms with Crippen LogP contribution in [0.3, 0.4) is 0 Å². The Morgan fingerprint density at radius 3 is 2.88 bits per heavy atom. The molecular weight excluding hydrogens is 228 g/mol. The Kier molecular flexibility index (Phi) is 4.71. The summed E-state index contributed by atoms with van der Waals surface area (Å²) in [5, 5.41) is 9.29. The van der Waals surface area contributed by atoms with Crippen molar-refractivity contribution in [1.29, 1.82) is 0 Å². The van der Waals surface area contributed by atoms with Crippen molar-refractivity contribution in [3.05, 3.63) is 28.5 Å². The zero-order chi connectivity index (χ0) is 12.1. The fourth-order valence-electron chi connectivity index (χ4n) is 1.42. The lowest BCUT2D eigenvalue weighted by Gasteiger charge is -2.20. The van der Waals surface area contributed by atoms with Crippen LogP contribution in [0.4, 0.5) is 0 Å². The maximum atomic E-state index is 12.1. The molecule has 0 atom stereocenters. The first kappa shape index (κ1) is 12.9. The summed E-state index contributed by atoms with van der Waals surface area (Å²) in [6.45, 7) is 4.44. The monoisotopic (exact) mass is 242 g/mol. The molecule has 0 aromatic carbocycles. The molecule has 0 aliphatic rings. The first-order valence-electron chi connectivity index (χ1n) is 5.12. The van der Waals surface area contributed by atoms with Crippen LogP contribution in [0.25, 0.3) is 0 Å². The molecule has 0 unspecified atom stereocenters. The van der Waals surface area contributed by atoms with Crippen LogP contribution in [0.2, 0.25) is 5.02 Å². The number of aromatic nitrogens is 1. The molecule has 0 saturated heterocycles. The highest BCUT2D eigenvalue weighted by molar-refractivity contribution is 6.30. The molecule has 1 rings (SSSR count). The third kappa shape index (κ3) is 2.93. The van der Waals surface area contributed by atoms with E-state index in [-0.39, 0.29) is 12.5 Å². The van der Waals surface area contributed by atoms with Gasteiger partial charge in [0.05, 0.1) is 22.9 Å². The second kappa shape index (κ2) is 5.82. The van der Waals surface area contributed by atoms with Crippen molar-refractivity contribution in [2.45, 2.75) is 13.8 Å². The van der Waals surface area contributed by atoms with Gasteiger partial charge in [-0.1, -0.05) is 11.6 Å². The molecule has 16 heavy (non-hydrogen) atoms. The molecular formula is C11H15ClN2O2. The second-order valence-corrected chi connectivity index (χ2v) is 3.83. The van der Waals surface area contributed by atoms with Crippen LogP contribution in [-0.4, -0.2) is 40.6 Å². The predicted octanol–water partition coefficient (Wildman–Crippen LogP) is 1.50. The third-order valence-corrected chi connectivity index (χ3v) is 2.53. The zero-order valence-corrected chi connectivity index (χ0v) is 10.2. The maximum Gasteiger partial charge on any atom is 0.255 e. The minimum atomic E-state index is -0.149. The van der Waals surface area contributed by atoms with Crippen molar-refractivity contribution in [3.8, 4) is 0 Å². The maximum absolute atomic E-state index is 12.1. The van der Waals surface area contributed by atoms with Crippen molar-refractivity contribution >= 4 is 17.5 Å². The van der Waals surface area contributed by atoms with Gasteiger partial charge in [-0.05, 0) is 19.9 Å². The average Bonchev–Trinajstić information content (AvgIpc) is 2.28. The molecule has 1 amide bonds. The number of hydrogen-bond donors (Lipinski definition) is 1. The molecule has 0 saturated carbocycles. The summed E-state index contributed by atoms with van der Waals surface area (Å²) >= 11 is 5.80. The highest BCUT2D eigenvalue weighted by Crippen LogP contribution is 2.14. The summed E-state index contributed by atoms with van der Waals surface area (Å²) in [6, 6.07) is 1.60. The van der Waals surface area contributed by atoms with Crippen LogP contribution < -0.4 is 0 Å². The fourth-order valence-corrected chi connectivity index (χ4v) is 1.58. The SMILES string of the molecule is CCN(CCO)C(=O)c1cc(Cl)cnc1C. The Morgan fingerprint density at radius 2 is 2.31 bits per heavy atom. The zero-order valence-electron chi connectivity index (χ0n) is 9.40.